The standard InChI is InChI=1S/C62H100O38/c1-20-11-61-9-5-28-59(2,29(61)6-10-62(20,19-61)100-57-50(98-54-44(84)39(79)33(73)24(15-66)90-54)48(35(75)26(17-68)92-57)96-53-43(83)38(78)32(72)23(14-65)89-53)7-4-8-60(28,3)58(86)99-56-49(47(34(74)25(16-67)91-56)95-52-42(82)37(77)31(71)22(13-64)88-52)97-55-45(85)40(80)46(27(18-69)93-55)94-51-41(81)36(76)30(70)21(12-63)87-51/h21-57,63-85H,1,4-19H2,2-3H3/t21-,22-,23-,24-,25-,26-,27-,28+,29+,30-,31-,32-,33-,34-,35-,36+,37+,38+,39+,40-,41-,42-,43-,44-,45-,46-,47+,48+,49-,50-,51+,52+,53+,54+,55+,56+,57+,59-,60-,61?,62+/m1/s1. The highest BCUT2D eigenvalue weighted by Gasteiger charge is 2.70. The number of carbonyl (C=O) groups excluding carboxylic acids is 1. The predicted octanol–water partition coefficient (Wildman–Crippen LogP) is -11.6. The van der Waals surface area contributed by atoms with Crippen molar-refractivity contribution in [3.05, 3.63) is 12.2 Å². The maximum absolute atomic E-state index is 15.6. The van der Waals surface area contributed by atoms with Crippen LogP contribution in [-0.2, 0) is 71.1 Å². The number of fused-ring (bicyclic) bond motifs is 3. The van der Waals surface area contributed by atoms with Crippen LogP contribution < -0.4 is 0 Å². The Kier molecular flexibility index (Phi) is 24.6. The number of rotatable bonds is 21. The summed E-state index contributed by atoms with van der Waals surface area (Å²) in [6.45, 7) is 1.77. The highest BCUT2D eigenvalue weighted by molar-refractivity contribution is 5.77. The fourth-order valence-corrected chi connectivity index (χ4v) is 17.9. The Balaban J connectivity index is 0.861. The summed E-state index contributed by atoms with van der Waals surface area (Å²) in [6, 6.07) is 0. The molecule has 0 radical (unpaired) electrons. The molecule has 1 spiro atoms. The van der Waals surface area contributed by atoms with Crippen molar-refractivity contribution in [3.8, 4) is 0 Å². The van der Waals surface area contributed by atoms with Crippen LogP contribution in [0.25, 0.3) is 0 Å². The van der Waals surface area contributed by atoms with E-state index in [1.807, 2.05) is 0 Å². The zero-order valence-corrected chi connectivity index (χ0v) is 54.8. The van der Waals surface area contributed by atoms with E-state index in [4.69, 9.17) is 66.3 Å². The van der Waals surface area contributed by atoms with Gasteiger partial charge in [-0.25, -0.2) is 0 Å². The molecular weight excluding hydrogens is 1350 g/mol. The number of hydrogen-bond acceptors (Lipinski definition) is 38. The molecule has 4 saturated carbocycles. The normalized spacial score (nSPS) is 54.5. The van der Waals surface area contributed by atoms with Crippen LogP contribution in [0.15, 0.2) is 12.2 Å². The molecule has 7 aliphatic heterocycles. The molecule has 38 nitrogen and oxygen atoms in total. The number of aliphatic hydroxyl groups excluding tert-OH is 23. The van der Waals surface area contributed by atoms with Crippen LogP contribution >= 0.6 is 0 Å². The average Bonchev–Trinajstić information content (AvgIpc) is 1.41. The summed E-state index contributed by atoms with van der Waals surface area (Å²) < 4.78 is 84.8. The molecule has 0 amide bonds. The quantitative estimate of drug-likeness (QED) is 0.0288. The van der Waals surface area contributed by atoms with Gasteiger partial charge in [0, 0.05) is 0 Å². The van der Waals surface area contributed by atoms with E-state index in [2.05, 4.69) is 13.5 Å². The molecule has 0 aromatic carbocycles. The van der Waals surface area contributed by atoms with E-state index in [1.54, 1.807) is 6.92 Å². The second kappa shape index (κ2) is 31.2. The molecular formula is C62H100O38. The molecule has 2 bridgehead atoms. The Morgan fingerprint density at radius 2 is 0.720 bits per heavy atom. The highest BCUT2D eigenvalue weighted by atomic mass is 16.8. The molecule has 11 aliphatic rings. The van der Waals surface area contributed by atoms with Gasteiger partial charge in [-0.3, -0.25) is 4.79 Å². The van der Waals surface area contributed by atoms with E-state index in [0.717, 1.165) is 0 Å². The second-order valence-corrected chi connectivity index (χ2v) is 29.2. The fourth-order valence-electron chi connectivity index (χ4n) is 17.9. The maximum atomic E-state index is 15.6. The largest absolute Gasteiger partial charge is 0.432 e. The Hall–Kier alpha value is -2.23. The Bertz CT molecular complexity index is 2720. The van der Waals surface area contributed by atoms with Crippen LogP contribution in [0.3, 0.4) is 0 Å². The van der Waals surface area contributed by atoms with Crippen molar-refractivity contribution in [1.82, 2.24) is 0 Å². The Morgan fingerprint density at radius 3 is 1.14 bits per heavy atom. The second-order valence-electron chi connectivity index (χ2n) is 29.2. The molecule has 38 heteroatoms. The summed E-state index contributed by atoms with van der Waals surface area (Å²) >= 11 is 0. The first-order valence-corrected chi connectivity index (χ1v) is 33.9. The van der Waals surface area contributed by atoms with Gasteiger partial charge in [-0.1, -0.05) is 19.9 Å². The summed E-state index contributed by atoms with van der Waals surface area (Å²) in [4.78, 5) is 15.6. The molecule has 1 unspecified atom stereocenters. The summed E-state index contributed by atoms with van der Waals surface area (Å²) in [6.07, 6.45) is -63.5. The van der Waals surface area contributed by atoms with Gasteiger partial charge in [-0.2, -0.15) is 0 Å². The minimum absolute atomic E-state index is 0.204. The van der Waals surface area contributed by atoms with Crippen molar-refractivity contribution < 1.29 is 189 Å². The zero-order chi connectivity index (χ0) is 72.7. The van der Waals surface area contributed by atoms with E-state index in [9.17, 15) is 117 Å². The van der Waals surface area contributed by atoms with Gasteiger partial charge in [-0.05, 0) is 86.5 Å². The van der Waals surface area contributed by atoms with E-state index in [-0.39, 0.29) is 25.2 Å². The topological polar surface area (TPSA) is 612 Å². The molecule has 0 aromatic heterocycles. The minimum atomic E-state index is -2.27. The van der Waals surface area contributed by atoms with Crippen molar-refractivity contribution >= 4 is 5.97 Å². The lowest BCUT2D eigenvalue weighted by Gasteiger charge is -2.64. The van der Waals surface area contributed by atoms with Gasteiger partial charge >= 0.3 is 5.97 Å². The number of carbonyl (C=O) groups is 1. The third kappa shape index (κ3) is 14.0. The molecule has 11 fully saturated rings. The molecule has 576 valence electrons. The molecule has 23 N–H and O–H groups in total. The number of esters is 1. The maximum Gasteiger partial charge on any atom is 0.314 e. The SMILES string of the molecule is C=C1CC23CC[C@H]4[C@@](C)(CCC[C@@]4(C)C(=O)O[C@@H]4O[C@H](CO)[C@@H](O)[C@H](O[C@@H]5O[C@H](CO)[C@@H](O)[C@H](O)[C@H]5O)[C@H]4O[C@@H]4O[C@H](CO)[C@@H](O[C@@H]5O[C@H](CO)[C@@H](O)[C@H](O)[C@H]5O)[C@H](O)[C@H]4O)[C@@H]2CC[C@]1(O[C@@H]1O[C@H](CO)[C@@H](O)[C@H](O[C@@H]2O[C@H](CO)[C@@H](O)[C@H](O)[C@H]2O)[C@H]1O[C@@H]1O[C@H](CO)[C@@H](O)[C@H](O)[C@H]1O)C3. The molecule has 100 heavy (non-hydrogen) atoms. The number of hydrogen-bond donors (Lipinski definition) is 23. The smallest absolute Gasteiger partial charge is 0.314 e. The van der Waals surface area contributed by atoms with Crippen molar-refractivity contribution in [2.75, 3.05) is 46.2 Å². The fraction of sp³-hybridized carbons (Fsp3) is 0.952. The van der Waals surface area contributed by atoms with Crippen LogP contribution in [0.4, 0.5) is 0 Å². The number of aliphatic hydroxyl groups is 23. The van der Waals surface area contributed by atoms with Crippen molar-refractivity contribution in [2.24, 2.45) is 28.1 Å². The van der Waals surface area contributed by atoms with Crippen molar-refractivity contribution in [1.29, 1.82) is 0 Å². The van der Waals surface area contributed by atoms with Crippen LogP contribution in [0.5, 0.6) is 0 Å². The average molecular weight is 1450 g/mol. The third-order valence-corrected chi connectivity index (χ3v) is 23.4. The first-order valence-electron chi connectivity index (χ1n) is 33.9. The van der Waals surface area contributed by atoms with Gasteiger partial charge in [0.25, 0.3) is 0 Å². The lowest BCUT2D eigenvalue weighted by Crippen LogP contribution is -2.68. The van der Waals surface area contributed by atoms with Crippen molar-refractivity contribution in [3.63, 3.8) is 0 Å². The van der Waals surface area contributed by atoms with Crippen LogP contribution in [0.2, 0.25) is 0 Å². The van der Waals surface area contributed by atoms with Crippen LogP contribution in [-0.4, -0.2) is 390 Å². The molecule has 0 aromatic rings. The first kappa shape index (κ1) is 78.8. The predicted molar refractivity (Wildman–Crippen MR) is 317 cm³/mol. The molecule has 7 heterocycles. The van der Waals surface area contributed by atoms with E-state index < -0.39 is 295 Å². The summed E-state index contributed by atoms with van der Waals surface area (Å²) in [5.74, 6) is -1.62. The molecule has 4 aliphatic carbocycles. The van der Waals surface area contributed by atoms with Gasteiger partial charge in [-0.15, -0.1) is 0 Å². The van der Waals surface area contributed by atoms with E-state index in [1.165, 1.54) is 0 Å². The monoisotopic (exact) mass is 1450 g/mol. The lowest BCUT2D eigenvalue weighted by atomic mass is 9.41. The Morgan fingerprint density at radius 1 is 0.380 bits per heavy atom. The van der Waals surface area contributed by atoms with Gasteiger partial charge in [0.1, 0.15) is 165 Å². The first-order chi connectivity index (χ1) is 47.3. The molecule has 11 rings (SSSR count). The van der Waals surface area contributed by atoms with Gasteiger partial charge in [0.2, 0.25) is 6.29 Å². The van der Waals surface area contributed by atoms with Gasteiger partial charge in [0.05, 0.1) is 57.3 Å². The third-order valence-electron chi connectivity index (χ3n) is 23.4. The van der Waals surface area contributed by atoms with Gasteiger partial charge in [0.15, 0.2) is 43.8 Å². The number of ether oxygens (including phenoxy) is 14. The zero-order valence-electron chi connectivity index (χ0n) is 54.8. The summed E-state index contributed by atoms with van der Waals surface area (Å²) in [5, 5.41) is 249. The minimum Gasteiger partial charge on any atom is -0.432 e. The summed E-state index contributed by atoms with van der Waals surface area (Å²) in [7, 11) is 0. The molecule has 41 atom stereocenters. The van der Waals surface area contributed by atoms with Gasteiger partial charge < -0.3 is 184 Å². The van der Waals surface area contributed by atoms with Crippen molar-refractivity contribution in [2.45, 2.75) is 292 Å². The van der Waals surface area contributed by atoms with E-state index in [0.29, 0.717) is 44.1 Å². The Labute approximate surface area is 571 Å². The highest BCUT2D eigenvalue weighted by Crippen LogP contribution is 2.74. The summed E-state index contributed by atoms with van der Waals surface area (Å²) in [5.41, 5.74) is -3.50. The van der Waals surface area contributed by atoms with Crippen LogP contribution in [0, 0.1) is 28.1 Å². The van der Waals surface area contributed by atoms with E-state index >= 15 is 4.79 Å². The lowest BCUT2D eigenvalue weighted by molar-refractivity contribution is -0.400. The molecule has 7 saturated heterocycles. The van der Waals surface area contributed by atoms with Crippen LogP contribution in [0.1, 0.15) is 71.6 Å².